The maximum absolute atomic E-state index is 13.6. The van der Waals surface area contributed by atoms with Gasteiger partial charge in [0.15, 0.2) is 0 Å². The summed E-state index contributed by atoms with van der Waals surface area (Å²) in [5.41, 5.74) is 4.53. The van der Waals surface area contributed by atoms with Crippen molar-refractivity contribution in [1.82, 2.24) is 0 Å². The molecular weight excluding hydrogens is 330 g/mol. The van der Waals surface area contributed by atoms with Crippen LogP contribution in [0.25, 0.3) is 0 Å². The van der Waals surface area contributed by atoms with Crippen LogP contribution in [0.1, 0.15) is 42.0 Å². The van der Waals surface area contributed by atoms with Gasteiger partial charge in [-0.1, -0.05) is 0 Å². The Labute approximate surface area is 154 Å². The Bertz CT molecular complexity index is 836. The van der Waals surface area contributed by atoms with Crippen LogP contribution in [0.4, 0.5) is 5.69 Å². The first-order valence-electron chi connectivity index (χ1n) is 9.61. The third kappa shape index (κ3) is 1.70. The summed E-state index contributed by atoms with van der Waals surface area (Å²) in [6, 6.07) is 2.11. The van der Waals surface area contributed by atoms with E-state index < -0.39 is 17.3 Å². The topological polar surface area (TPSA) is 59.0 Å². The van der Waals surface area contributed by atoms with Crippen molar-refractivity contribution >= 4 is 11.6 Å². The lowest BCUT2D eigenvalue weighted by Crippen LogP contribution is -2.53. The van der Waals surface area contributed by atoms with E-state index in [1.54, 1.807) is 0 Å². The second kappa shape index (κ2) is 4.89. The van der Waals surface area contributed by atoms with Gasteiger partial charge in [-0.3, -0.25) is 9.69 Å². The Hall–Kier alpha value is -1.43. The van der Waals surface area contributed by atoms with Gasteiger partial charge in [0.1, 0.15) is 11.8 Å². The highest BCUT2D eigenvalue weighted by atomic mass is 16.6. The Balaban J connectivity index is 1.67. The lowest BCUT2D eigenvalue weighted by molar-refractivity contribution is -0.142. The van der Waals surface area contributed by atoms with E-state index in [1.807, 2.05) is 11.8 Å². The van der Waals surface area contributed by atoms with Crippen LogP contribution in [0.15, 0.2) is 6.07 Å². The van der Waals surface area contributed by atoms with Crippen LogP contribution in [-0.2, 0) is 14.3 Å². The van der Waals surface area contributed by atoms with Crippen LogP contribution in [0, 0.1) is 39.5 Å². The van der Waals surface area contributed by atoms with Gasteiger partial charge in [0.05, 0.1) is 24.2 Å². The van der Waals surface area contributed by atoms with Gasteiger partial charge in [-0.15, -0.1) is 0 Å². The first-order valence-corrected chi connectivity index (χ1v) is 9.61. The Morgan fingerprint density at radius 1 is 1.19 bits per heavy atom. The molecule has 1 N–H and O–H groups in total. The van der Waals surface area contributed by atoms with Gasteiger partial charge < -0.3 is 14.6 Å². The molecule has 0 aliphatic carbocycles. The number of ether oxygens (including phenoxy) is 2. The van der Waals surface area contributed by atoms with E-state index in [1.165, 1.54) is 16.7 Å². The molecule has 4 aliphatic heterocycles. The fourth-order valence-electron chi connectivity index (χ4n) is 6.02. The Kier molecular flexibility index (Phi) is 3.14. The number of hydrogen-bond acceptors (Lipinski definition) is 4. The number of aliphatic hydroxyl groups excluding tert-OH is 1. The molecule has 1 amide bonds. The molecule has 0 radical (unpaired) electrons. The highest BCUT2D eigenvalue weighted by Crippen LogP contribution is 2.65. The zero-order valence-electron chi connectivity index (χ0n) is 16.1. The molecule has 1 aromatic rings. The number of carbonyl (C=O) groups excluding carboxylic acids is 1. The quantitative estimate of drug-likeness (QED) is 0.839. The summed E-state index contributed by atoms with van der Waals surface area (Å²) < 4.78 is 12.5. The Morgan fingerprint density at radius 3 is 2.65 bits per heavy atom. The average molecular weight is 357 g/mol. The molecule has 5 rings (SSSR count). The van der Waals surface area contributed by atoms with Gasteiger partial charge >= 0.3 is 0 Å². The van der Waals surface area contributed by atoms with Crippen molar-refractivity contribution in [3.8, 4) is 0 Å². The molecule has 1 aromatic carbocycles. The maximum Gasteiger partial charge on any atom is 0.235 e. The monoisotopic (exact) mass is 357 g/mol. The molecule has 4 saturated heterocycles. The molecule has 140 valence electrons. The second-order valence-corrected chi connectivity index (χ2v) is 8.88. The summed E-state index contributed by atoms with van der Waals surface area (Å²) in [6.45, 7) is 10.9. The molecule has 1 spiro atoms. The zero-order valence-corrected chi connectivity index (χ0v) is 16.1. The molecule has 0 saturated carbocycles. The first-order chi connectivity index (χ1) is 12.2. The number of nitrogens with zero attached hydrogens (tertiary/aromatic N) is 1. The lowest BCUT2D eigenvalue weighted by Gasteiger charge is -2.42. The van der Waals surface area contributed by atoms with E-state index in [0.717, 1.165) is 17.7 Å². The minimum absolute atomic E-state index is 0.00142. The predicted octanol–water partition coefficient (Wildman–Crippen LogP) is 2.54. The van der Waals surface area contributed by atoms with Crippen LogP contribution < -0.4 is 4.90 Å². The summed E-state index contributed by atoms with van der Waals surface area (Å²) in [5, 5.41) is 10.6. The van der Waals surface area contributed by atoms with Crippen LogP contribution in [0.3, 0.4) is 0 Å². The lowest BCUT2D eigenvalue weighted by atomic mass is 9.65. The van der Waals surface area contributed by atoms with E-state index in [9.17, 15) is 9.90 Å². The minimum Gasteiger partial charge on any atom is -0.390 e. The number of aliphatic hydroxyl groups is 1. The number of anilines is 1. The van der Waals surface area contributed by atoms with Gasteiger partial charge in [-0.05, 0) is 62.9 Å². The van der Waals surface area contributed by atoms with Gasteiger partial charge in [0.25, 0.3) is 0 Å². The average Bonchev–Trinajstić information content (AvgIpc) is 3.14. The summed E-state index contributed by atoms with van der Waals surface area (Å²) in [6.07, 6.45) is 0.477. The minimum atomic E-state index is -0.800. The highest BCUT2D eigenvalue weighted by molar-refractivity contribution is 6.00. The standard InChI is InChI=1S/C21H27NO4/c1-10-8-14(13(4)12(3)11(10)2)22-18(24)16-17-19(22)25-7-6-21(17)9-15(23)20(16,5)26-21/h8,15-17,19,23H,6-7,9H2,1-5H3/t15-,16+,17-,19-,20+,21-/m0/s1. The van der Waals surface area contributed by atoms with Crippen LogP contribution in [0.2, 0.25) is 0 Å². The fourth-order valence-corrected chi connectivity index (χ4v) is 6.02. The van der Waals surface area contributed by atoms with Crippen molar-refractivity contribution in [3.05, 3.63) is 28.3 Å². The summed E-state index contributed by atoms with van der Waals surface area (Å²) in [7, 11) is 0. The largest absolute Gasteiger partial charge is 0.390 e. The number of fused-ring (bicyclic) bond motifs is 2. The van der Waals surface area contributed by atoms with Crippen molar-refractivity contribution in [2.45, 2.75) is 71.0 Å². The first kappa shape index (κ1) is 16.7. The number of benzene rings is 1. The third-order valence-electron chi connectivity index (χ3n) is 7.80. The van der Waals surface area contributed by atoms with Crippen LogP contribution in [0.5, 0.6) is 0 Å². The molecule has 4 fully saturated rings. The molecule has 0 unspecified atom stereocenters. The Morgan fingerprint density at radius 2 is 1.92 bits per heavy atom. The summed E-state index contributed by atoms with van der Waals surface area (Å²) in [5.74, 6) is -0.299. The number of rotatable bonds is 1. The van der Waals surface area contributed by atoms with Crippen molar-refractivity contribution in [2.75, 3.05) is 11.5 Å². The third-order valence-corrected chi connectivity index (χ3v) is 7.80. The van der Waals surface area contributed by atoms with Crippen molar-refractivity contribution in [2.24, 2.45) is 11.8 Å². The normalized spacial score (nSPS) is 43.3. The molecule has 4 aliphatic rings. The molecule has 5 nitrogen and oxygen atoms in total. The molecular formula is C21H27NO4. The maximum atomic E-state index is 13.6. The smallest absolute Gasteiger partial charge is 0.235 e. The molecule has 5 heteroatoms. The predicted molar refractivity (Wildman–Crippen MR) is 97.1 cm³/mol. The van der Waals surface area contributed by atoms with E-state index in [-0.39, 0.29) is 24.0 Å². The number of hydrogen-bond donors (Lipinski definition) is 1. The second-order valence-electron chi connectivity index (χ2n) is 8.88. The number of carbonyl (C=O) groups is 1. The molecule has 0 aromatic heterocycles. The van der Waals surface area contributed by atoms with E-state index in [0.29, 0.717) is 13.0 Å². The highest BCUT2D eigenvalue weighted by Gasteiger charge is 2.78. The van der Waals surface area contributed by atoms with E-state index in [4.69, 9.17) is 9.47 Å². The van der Waals surface area contributed by atoms with Crippen molar-refractivity contribution in [3.63, 3.8) is 0 Å². The molecule has 2 bridgehead atoms. The fraction of sp³-hybridized carbons (Fsp3) is 0.667. The molecule has 26 heavy (non-hydrogen) atoms. The van der Waals surface area contributed by atoms with Crippen LogP contribution >= 0.6 is 0 Å². The summed E-state index contributed by atoms with van der Waals surface area (Å²) in [4.78, 5) is 15.5. The van der Waals surface area contributed by atoms with Crippen molar-refractivity contribution in [1.29, 1.82) is 0 Å². The van der Waals surface area contributed by atoms with E-state index >= 15 is 0 Å². The van der Waals surface area contributed by atoms with Gasteiger partial charge in [-0.2, -0.15) is 0 Å². The van der Waals surface area contributed by atoms with Gasteiger partial charge in [0.2, 0.25) is 5.91 Å². The van der Waals surface area contributed by atoms with Crippen LogP contribution in [-0.4, -0.2) is 41.2 Å². The van der Waals surface area contributed by atoms with Gasteiger partial charge in [-0.25, -0.2) is 0 Å². The molecule has 4 heterocycles. The SMILES string of the molecule is Cc1cc(N2C(=O)[C@H]3[C@H]4[C@@H]2OCC[C@]42C[C@H](O)[C@@]3(C)O2)c(C)c(C)c1C. The number of amides is 1. The number of aryl methyl sites for hydroxylation is 1. The van der Waals surface area contributed by atoms with Gasteiger partial charge in [0, 0.05) is 24.4 Å². The van der Waals surface area contributed by atoms with E-state index in [2.05, 4.69) is 33.8 Å². The molecule has 6 atom stereocenters. The zero-order chi connectivity index (χ0) is 18.6. The summed E-state index contributed by atoms with van der Waals surface area (Å²) >= 11 is 0. The van der Waals surface area contributed by atoms with Crippen molar-refractivity contribution < 1.29 is 19.4 Å².